The summed E-state index contributed by atoms with van der Waals surface area (Å²) in [6, 6.07) is 8.98. The lowest BCUT2D eigenvalue weighted by Gasteiger charge is -2.33. The molecular weight excluding hydrogens is 302 g/mol. The first-order valence-electron chi connectivity index (χ1n) is 9.12. The van der Waals surface area contributed by atoms with E-state index < -0.39 is 0 Å². The Morgan fingerprint density at radius 2 is 1.96 bits per heavy atom. The smallest absolute Gasteiger partial charge is 0.226 e. The van der Waals surface area contributed by atoms with E-state index in [0.717, 1.165) is 31.1 Å². The highest BCUT2D eigenvalue weighted by atomic mass is 16.5. The second kappa shape index (κ2) is 7.99. The predicted octanol–water partition coefficient (Wildman–Crippen LogP) is 2.85. The number of anilines is 2. The van der Waals surface area contributed by atoms with Gasteiger partial charge in [-0.15, -0.1) is 0 Å². The van der Waals surface area contributed by atoms with Crippen LogP contribution in [0.25, 0.3) is 0 Å². The van der Waals surface area contributed by atoms with Crippen LogP contribution in [0.15, 0.2) is 24.3 Å². The zero-order valence-corrected chi connectivity index (χ0v) is 14.7. The van der Waals surface area contributed by atoms with E-state index in [2.05, 4.69) is 28.1 Å². The van der Waals surface area contributed by atoms with Crippen LogP contribution in [0.3, 0.4) is 0 Å². The zero-order valence-electron chi connectivity index (χ0n) is 14.7. The first kappa shape index (κ1) is 17.2. The quantitative estimate of drug-likeness (QED) is 0.776. The van der Waals surface area contributed by atoms with Crippen molar-refractivity contribution < 1.29 is 9.53 Å². The van der Waals surface area contributed by atoms with Crippen LogP contribution >= 0.6 is 0 Å². The monoisotopic (exact) mass is 331 g/mol. The summed E-state index contributed by atoms with van der Waals surface area (Å²) in [7, 11) is 0. The van der Waals surface area contributed by atoms with Gasteiger partial charge in [0.25, 0.3) is 0 Å². The molecule has 1 aromatic carbocycles. The van der Waals surface area contributed by atoms with Gasteiger partial charge < -0.3 is 20.7 Å². The minimum absolute atomic E-state index is 0.00717. The molecule has 1 saturated carbocycles. The average molecular weight is 331 g/mol. The molecule has 3 atom stereocenters. The molecule has 0 bridgehead atoms. The van der Waals surface area contributed by atoms with Crippen molar-refractivity contribution in [2.75, 3.05) is 30.4 Å². The van der Waals surface area contributed by atoms with E-state index in [-0.39, 0.29) is 11.8 Å². The Morgan fingerprint density at radius 1 is 1.21 bits per heavy atom. The van der Waals surface area contributed by atoms with Crippen molar-refractivity contribution in [2.45, 2.75) is 45.2 Å². The number of hydrogen-bond acceptors (Lipinski definition) is 4. The molecular formula is C19H29N3O2. The van der Waals surface area contributed by atoms with Crippen molar-refractivity contribution in [3.05, 3.63) is 24.3 Å². The van der Waals surface area contributed by atoms with Crippen molar-refractivity contribution in [1.82, 2.24) is 5.32 Å². The maximum atomic E-state index is 11.7. The lowest BCUT2D eigenvalue weighted by molar-refractivity contribution is -0.118. The van der Waals surface area contributed by atoms with Crippen molar-refractivity contribution in [3.63, 3.8) is 0 Å². The minimum Gasteiger partial charge on any atom is -0.382 e. The van der Waals surface area contributed by atoms with E-state index in [1.54, 1.807) is 0 Å². The number of benzene rings is 1. The van der Waals surface area contributed by atoms with E-state index >= 15 is 0 Å². The van der Waals surface area contributed by atoms with Crippen LogP contribution < -0.4 is 16.0 Å². The summed E-state index contributed by atoms with van der Waals surface area (Å²) in [4.78, 5) is 11.7. The number of nitrogens with one attached hydrogen (secondary N) is 3. The van der Waals surface area contributed by atoms with Crippen molar-refractivity contribution in [3.8, 4) is 0 Å². The summed E-state index contributed by atoms with van der Waals surface area (Å²) in [5.41, 5.74) is 1.97. The Labute approximate surface area is 144 Å². The van der Waals surface area contributed by atoms with E-state index in [9.17, 15) is 4.79 Å². The van der Waals surface area contributed by atoms with Gasteiger partial charge >= 0.3 is 0 Å². The first-order valence-corrected chi connectivity index (χ1v) is 9.12. The van der Waals surface area contributed by atoms with Crippen molar-refractivity contribution in [1.29, 1.82) is 0 Å². The topological polar surface area (TPSA) is 62.4 Å². The summed E-state index contributed by atoms with van der Waals surface area (Å²) < 4.78 is 5.63. The highest BCUT2D eigenvalue weighted by molar-refractivity contribution is 5.92. The van der Waals surface area contributed by atoms with Gasteiger partial charge in [-0.1, -0.05) is 20.3 Å². The first-order chi connectivity index (χ1) is 11.6. The molecule has 5 heteroatoms. The molecule has 0 radical (unpaired) electrons. The lowest BCUT2D eigenvalue weighted by Crippen LogP contribution is -2.49. The van der Waals surface area contributed by atoms with Crippen LogP contribution in [-0.2, 0) is 9.53 Å². The molecule has 1 amide bonds. The number of carbonyl (C=O) groups excluding carboxylic acids is 1. The predicted molar refractivity (Wildman–Crippen MR) is 97.3 cm³/mol. The van der Waals surface area contributed by atoms with Crippen molar-refractivity contribution in [2.24, 2.45) is 11.8 Å². The number of ether oxygens (including phenoxy) is 1. The summed E-state index contributed by atoms with van der Waals surface area (Å²) >= 11 is 0. The van der Waals surface area contributed by atoms with Crippen LogP contribution in [0.4, 0.5) is 11.4 Å². The molecule has 2 aliphatic rings. The Bertz CT molecular complexity index is 538. The summed E-state index contributed by atoms with van der Waals surface area (Å²) in [5, 5.41) is 10.2. The number of carbonyl (C=O) groups is 1. The molecule has 3 rings (SSSR count). The minimum atomic E-state index is -0.00717. The summed E-state index contributed by atoms with van der Waals surface area (Å²) in [6.07, 6.45) is 3.72. The van der Waals surface area contributed by atoms with Gasteiger partial charge in [0.2, 0.25) is 5.91 Å². The van der Waals surface area contributed by atoms with E-state index in [1.807, 2.05) is 26.0 Å². The zero-order chi connectivity index (χ0) is 16.9. The van der Waals surface area contributed by atoms with Gasteiger partial charge in [0.05, 0.1) is 13.2 Å². The van der Waals surface area contributed by atoms with Crippen LogP contribution in [-0.4, -0.2) is 37.7 Å². The van der Waals surface area contributed by atoms with Crippen molar-refractivity contribution >= 4 is 17.3 Å². The van der Waals surface area contributed by atoms with E-state index in [1.165, 1.54) is 19.3 Å². The van der Waals surface area contributed by atoms with Gasteiger partial charge in [0, 0.05) is 35.9 Å². The Hall–Kier alpha value is -1.59. The Kier molecular flexibility index (Phi) is 5.74. The molecule has 2 fully saturated rings. The van der Waals surface area contributed by atoms with Gasteiger partial charge in [-0.3, -0.25) is 4.79 Å². The standard InChI is InChI=1S/C19H29N3O2/c1-13(2)19(23)22-15-8-6-14(7-9-15)21-17-5-3-4-16(17)18-12-24-11-10-20-18/h6-9,13,16-18,20-21H,3-5,10-12H2,1-2H3,(H,22,23). The highest BCUT2D eigenvalue weighted by Crippen LogP contribution is 2.32. The fraction of sp³-hybridized carbons (Fsp3) is 0.632. The number of amides is 1. The molecule has 1 saturated heterocycles. The molecule has 1 aliphatic carbocycles. The molecule has 5 nitrogen and oxygen atoms in total. The van der Waals surface area contributed by atoms with Gasteiger partial charge in [-0.25, -0.2) is 0 Å². The van der Waals surface area contributed by atoms with E-state index in [0.29, 0.717) is 18.0 Å². The molecule has 1 heterocycles. The van der Waals surface area contributed by atoms with Gasteiger partial charge in [-0.05, 0) is 43.0 Å². The fourth-order valence-electron chi connectivity index (χ4n) is 3.66. The SMILES string of the molecule is CC(C)C(=O)Nc1ccc(NC2CCCC2C2COCCN2)cc1. The van der Waals surface area contributed by atoms with Gasteiger partial charge in [0.1, 0.15) is 0 Å². The largest absolute Gasteiger partial charge is 0.382 e. The third-order valence-electron chi connectivity index (χ3n) is 5.07. The molecule has 1 aliphatic heterocycles. The number of rotatable bonds is 5. The molecule has 3 unspecified atom stereocenters. The third-order valence-corrected chi connectivity index (χ3v) is 5.07. The average Bonchev–Trinajstić information content (AvgIpc) is 3.05. The fourth-order valence-corrected chi connectivity index (χ4v) is 3.66. The number of hydrogen-bond donors (Lipinski definition) is 3. The third kappa shape index (κ3) is 4.28. The Morgan fingerprint density at radius 3 is 2.62 bits per heavy atom. The van der Waals surface area contributed by atoms with Crippen LogP contribution in [0, 0.1) is 11.8 Å². The molecule has 3 N–H and O–H groups in total. The Balaban J connectivity index is 1.57. The molecule has 132 valence electrons. The van der Waals surface area contributed by atoms with Crippen LogP contribution in [0.1, 0.15) is 33.1 Å². The number of morpholine rings is 1. The summed E-state index contributed by atoms with van der Waals surface area (Å²) in [5.74, 6) is 0.660. The molecule has 1 aromatic rings. The second-order valence-corrected chi connectivity index (χ2v) is 7.20. The maximum Gasteiger partial charge on any atom is 0.226 e. The lowest BCUT2D eigenvalue weighted by atomic mass is 9.94. The van der Waals surface area contributed by atoms with E-state index in [4.69, 9.17) is 4.74 Å². The maximum absolute atomic E-state index is 11.7. The highest BCUT2D eigenvalue weighted by Gasteiger charge is 2.34. The second-order valence-electron chi connectivity index (χ2n) is 7.20. The van der Waals surface area contributed by atoms with Crippen LogP contribution in [0.5, 0.6) is 0 Å². The van der Waals surface area contributed by atoms with Crippen LogP contribution in [0.2, 0.25) is 0 Å². The molecule has 0 spiro atoms. The summed E-state index contributed by atoms with van der Waals surface area (Å²) in [6.45, 7) is 6.40. The van der Waals surface area contributed by atoms with Gasteiger partial charge in [0.15, 0.2) is 0 Å². The normalized spacial score (nSPS) is 27.2. The van der Waals surface area contributed by atoms with Gasteiger partial charge in [-0.2, -0.15) is 0 Å². The molecule has 0 aromatic heterocycles. The molecule has 24 heavy (non-hydrogen) atoms.